The Labute approximate surface area is 108 Å². The Balaban J connectivity index is 0.00000144. The van der Waals surface area contributed by atoms with Gasteiger partial charge in [0.25, 0.3) is 0 Å². The topological polar surface area (TPSA) is 37.3 Å². The summed E-state index contributed by atoms with van der Waals surface area (Å²) in [4.78, 5) is 10.8. The number of allylic oxidation sites excluding steroid dienone is 1. The lowest BCUT2D eigenvalue weighted by molar-refractivity contribution is -0.136. The molecule has 1 aliphatic carbocycles. The van der Waals surface area contributed by atoms with Crippen molar-refractivity contribution in [3.05, 3.63) is 41.5 Å². The highest BCUT2D eigenvalue weighted by atomic mass is 35.5. The molecule has 1 aromatic carbocycles. The van der Waals surface area contributed by atoms with E-state index in [1.165, 1.54) is 17.6 Å². The Kier molecular flexibility index (Phi) is 5.23. The molecule has 3 heteroatoms. The summed E-state index contributed by atoms with van der Waals surface area (Å²) in [6, 6.07) is 10.2. The van der Waals surface area contributed by atoms with Gasteiger partial charge < -0.3 is 5.11 Å². The second-order valence-corrected chi connectivity index (χ2v) is 4.23. The number of carboxylic acids is 1. The van der Waals surface area contributed by atoms with Crippen LogP contribution in [0.1, 0.15) is 37.7 Å². The maximum atomic E-state index is 10.8. The monoisotopic (exact) mass is 252 g/mol. The predicted octanol–water partition coefficient (Wildman–Crippen LogP) is 3.91. The molecule has 0 atom stereocenters. The van der Waals surface area contributed by atoms with Crippen LogP contribution in [0.5, 0.6) is 0 Å². The maximum absolute atomic E-state index is 10.8. The van der Waals surface area contributed by atoms with Crippen LogP contribution in [-0.2, 0) is 4.79 Å². The molecule has 0 spiro atoms. The minimum absolute atomic E-state index is 0. The molecule has 0 amide bonds. The van der Waals surface area contributed by atoms with E-state index in [1.54, 1.807) is 0 Å². The van der Waals surface area contributed by atoms with E-state index in [0.29, 0.717) is 0 Å². The molecule has 0 unspecified atom stereocenters. The third-order valence-corrected chi connectivity index (χ3v) is 3.07. The molecular formula is C14H17ClO2. The molecule has 0 saturated heterocycles. The van der Waals surface area contributed by atoms with Gasteiger partial charge in [0.15, 0.2) is 0 Å². The Bertz CT molecular complexity index is 409. The van der Waals surface area contributed by atoms with Crippen LogP contribution in [0.2, 0.25) is 0 Å². The van der Waals surface area contributed by atoms with Crippen molar-refractivity contribution in [3.8, 4) is 0 Å². The van der Waals surface area contributed by atoms with Gasteiger partial charge in [-0.25, -0.2) is 0 Å². The van der Waals surface area contributed by atoms with E-state index in [9.17, 15) is 4.79 Å². The molecule has 2 rings (SSSR count). The number of hydrogen-bond acceptors (Lipinski definition) is 1. The number of halogens is 1. The lowest BCUT2D eigenvalue weighted by Gasteiger charge is -2.19. The number of aliphatic carboxylic acids is 1. The van der Waals surface area contributed by atoms with Gasteiger partial charge in [-0.15, -0.1) is 12.4 Å². The zero-order valence-corrected chi connectivity index (χ0v) is 10.5. The normalized spacial score (nSPS) is 15.3. The van der Waals surface area contributed by atoms with Gasteiger partial charge in [0, 0.05) is 0 Å². The van der Waals surface area contributed by atoms with Gasteiger partial charge >= 0.3 is 5.97 Å². The number of carbonyl (C=O) groups is 1. The van der Waals surface area contributed by atoms with Crippen LogP contribution >= 0.6 is 12.4 Å². The van der Waals surface area contributed by atoms with E-state index < -0.39 is 5.97 Å². The molecule has 17 heavy (non-hydrogen) atoms. The quantitative estimate of drug-likeness (QED) is 0.886. The van der Waals surface area contributed by atoms with Gasteiger partial charge in [-0.1, -0.05) is 35.9 Å². The average Bonchev–Trinajstić information content (AvgIpc) is 2.30. The maximum Gasteiger partial charge on any atom is 0.307 e. The van der Waals surface area contributed by atoms with Crippen LogP contribution in [0.15, 0.2) is 35.9 Å². The Morgan fingerprint density at radius 2 is 1.76 bits per heavy atom. The summed E-state index contributed by atoms with van der Waals surface area (Å²) in [7, 11) is 0. The summed E-state index contributed by atoms with van der Waals surface area (Å²) in [6.45, 7) is 0. The summed E-state index contributed by atoms with van der Waals surface area (Å²) in [5.41, 5.74) is 3.57. The summed E-state index contributed by atoms with van der Waals surface area (Å²) in [6.07, 6.45) is 4.46. The van der Waals surface area contributed by atoms with Crippen molar-refractivity contribution >= 4 is 23.9 Å². The van der Waals surface area contributed by atoms with E-state index in [0.717, 1.165) is 24.8 Å². The Morgan fingerprint density at radius 1 is 1.12 bits per heavy atom. The minimum Gasteiger partial charge on any atom is -0.481 e. The first-order valence-corrected chi connectivity index (χ1v) is 5.75. The number of carboxylic acid groups (broad SMARTS) is 1. The molecule has 0 aromatic heterocycles. The molecule has 0 aliphatic heterocycles. The SMILES string of the molecule is Cl.O=C(O)CC1=C(c2ccccc2)CCCC1. The van der Waals surface area contributed by atoms with E-state index in [2.05, 4.69) is 12.1 Å². The van der Waals surface area contributed by atoms with Crippen molar-refractivity contribution in [1.29, 1.82) is 0 Å². The molecule has 1 aliphatic rings. The molecule has 0 saturated carbocycles. The summed E-state index contributed by atoms with van der Waals surface area (Å²) in [5.74, 6) is -0.717. The van der Waals surface area contributed by atoms with Crippen LogP contribution in [0, 0.1) is 0 Å². The molecule has 0 radical (unpaired) electrons. The predicted molar refractivity (Wildman–Crippen MR) is 71.3 cm³/mol. The van der Waals surface area contributed by atoms with Crippen LogP contribution in [0.4, 0.5) is 0 Å². The standard InChI is InChI=1S/C14H16O2.ClH/c15-14(16)10-12-8-4-5-9-13(12)11-6-2-1-3-7-11;/h1-3,6-7H,4-5,8-10H2,(H,15,16);1H. The zero-order valence-electron chi connectivity index (χ0n) is 9.69. The van der Waals surface area contributed by atoms with Gasteiger partial charge in [-0.05, 0) is 36.8 Å². The first-order valence-electron chi connectivity index (χ1n) is 5.75. The first-order chi connectivity index (χ1) is 7.77. The molecule has 0 heterocycles. The van der Waals surface area contributed by atoms with E-state index in [-0.39, 0.29) is 18.8 Å². The molecule has 2 nitrogen and oxygen atoms in total. The molecule has 0 bridgehead atoms. The smallest absolute Gasteiger partial charge is 0.307 e. The highest BCUT2D eigenvalue weighted by molar-refractivity contribution is 5.85. The van der Waals surface area contributed by atoms with E-state index in [4.69, 9.17) is 5.11 Å². The highest BCUT2D eigenvalue weighted by Crippen LogP contribution is 2.33. The van der Waals surface area contributed by atoms with Crippen molar-refractivity contribution in [1.82, 2.24) is 0 Å². The van der Waals surface area contributed by atoms with E-state index in [1.807, 2.05) is 18.2 Å². The van der Waals surface area contributed by atoms with Gasteiger partial charge in [0.1, 0.15) is 0 Å². The molecule has 92 valence electrons. The second kappa shape index (κ2) is 6.45. The second-order valence-electron chi connectivity index (χ2n) is 4.23. The van der Waals surface area contributed by atoms with Gasteiger partial charge in [0.05, 0.1) is 6.42 Å². The van der Waals surface area contributed by atoms with Crippen molar-refractivity contribution in [2.75, 3.05) is 0 Å². The van der Waals surface area contributed by atoms with Crippen molar-refractivity contribution < 1.29 is 9.90 Å². The fourth-order valence-electron chi connectivity index (χ4n) is 2.33. The van der Waals surface area contributed by atoms with Gasteiger partial charge in [0.2, 0.25) is 0 Å². The number of benzene rings is 1. The third kappa shape index (κ3) is 3.60. The fourth-order valence-corrected chi connectivity index (χ4v) is 2.33. The fraction of sp³-hybridized carbons (Fsp3) is 0.357. The zero-order chi connectivity index (χ0) is 11.4. The summed E-state index contributed by atoms with van der Waals surface area (Å²) in [5, 5.41) is 8.90. The van der Waals surface area contributed by atoms with Gasteiger partial charge in [-0.3, -0.25) is 4.79 Å². The van der Waals surface area contributed by atoms with Crippen LogP contribution in [0.3, 0.4) is 0 Å². The number of hydrogen-bond donors (Lipinski definition) is 1. The van der Waals surface area contributed by atoms with Crippen molar-refractivity contribution in [2.45, 2.75) is 32.1 Å². The molecule has 1 aromatic rings. The molecule has 0 fully saturated rings. The average molecular weight is 253 g/mol. The number of rotatable bonds is 3. The third-order valence-electron chi connectivity index (χ3n) is 3.07. The molecule has 1 N–H and O–H groups in total. The minimum atomic E-state index is -0.717. The molecular weight excluding hydrogens is 236 g/mol. The first kappa shape index (κ1) is 13.8. The summed E-state index contributed by atoms with van der Waals surface area (Å²) >= 11 is 0. The van der Waals surface area contributed by atoms with Crippen molar-refractivity contribution in [2.24, 2.45) is 0 Å². The summed E-state index contributed by atoms with van der Waals surface area (Å²) < 4.78 is 0. The lowest BCUT2D eigenvalue weighted by Crippen LogP contribution is -2.05. The highest BCUT2D eigenvalue weighted by Gasteiger charge is 2.16. The largest absolute Gasteiger partial charge is 0.481 e. The van der Waals surface area contributed by atoms with Crippen LogP contribution < -0.4 is 0 Å². The van der Waals surface area contributed by atoms with Crippen molar-refractivity contribution in [3.63, 3.8) is 0 Å². The van der Waals surface area contributed by atoms with E-state index >= 15 is 0 Å². The Hall–Kier alpha value is -1.28. The van der Waals surface area contributed by atoms with Gasteiger partial charge in [-0.2, -0.15) is 0 Å². The van der Waals surface area contributed by atoms with Crippen LogP contribution in [0.25, 0.3) is 5.57 Å². The van der Waals surface area contributed by atoms with Crippen LogP contribution in [-0.4, -0.2) is 11.1 Å². The Morgan fingerprint density at radius 3 is 2.41 bits per heavy atom. The lowest BCUT2D eigenvalue weighted by atomic mass is 9.86.